The summed E-state index contributed by atoms with van der Waals surface area (Å²) in [5.41, 5.74) is 6.22. The average molecular weight is 268 g/mol. The highest BCUT2D eigenvalue weighted by Gasteiger charge is 2.20. The summed E-state index contributed by atoms with van der Waals surface area (Å²) in [6.45, 7) is 6.31. The van der Waals surface area contributed by atoms with Crippen LogP contribution in [0.25, 0.3) is 0 Å². The Kier molecular flexibility index (Phi) is 5.13. The smallest absolute Gasteiger partial charge is 0.165 e. The summed E-state index contributed by atoms with van der Waals surface area (Å²) in [4.78, 5) is 2.30. The molecule has 1 aromatic rings. The van der Waals surface area contributed by atoms with E-state index in [-0.39, 0.29) is 17.7 Å². The van der Waals surface area contributed by atoms with Crippen LogP contribution in [0, 0.1) is 5.82 Å². The molecule has 0 bridgehead atoms. The van der Waals surface area contributed by atoms with E-state index in [2.05, 4.69) is 11.8 Å². The van der Waals surface area contributed by atoms with Crippen LogP contribution >= 0.6 is 0 Å². The van der Waals surface area contributed by atoms with Crippen LogP contribution in [-0.2, 0) is 11.3 Å². The van der Waals surface area contributed by atoms with E-state index in [0.717, 1.165) is 25.2 Å². The molecule has 0 aromatic heterocycles. The van der Waals surface area contributed by atoms with E-state index in [0.29, 0.717) is 19.8 Å². The van der Waals surface area contributed by atoms with Gasteiger partial charge in [-0.25, -0.2) is 4.39 Å². The van der Waals surface area contributed by atoms with E-state index in [4.69, 9.17) is 15.2 Å². The largest absolute Gasteiger partial charge is 0.488 e. The highest BCUT2D eigenvalue weighted by molar-refractivity contribution is 5.29. The predicted molar refractivity (Wildman–Crippen MR) is 71.6 cm³/mol. The molecule has 0 aliphatic carbocycles. The van der Waals surface area contributed by atoms with Crippen LogP contribution in [0.1, 0.15) is 12.5 Å². The Labute approximate surface area is 113 Å². The first-order valence-electron chi connectivity index (χ1n) is 6.68. The fraction of sp³-hybridized carbons (Fsp3) is 0.571. The summed E-state index contributed by atoms with van der Waals surface area (Å²) in [6.07, 6.45) is 0.00212. The zero-order valence-electron chi connectivity index (χ0n) is 11.3. The van der Waals surface area contributed by atoms with Gasteiger partial charge in [0.15, 0.2) is 11.6 Å². The van der Waals surface area contributed by atoms with E-state index in [1.54, 1.807) is 12.1 Å². The Bertz CT molecular complexity index is 414. The van der Waals surface area contributed by atoms with Crippen LogP contribution in [0.5, 0.6) is 5.75 Å². The lowest BCUT2D eigenvalue weighted by Crippen LogP contribution is -2.44. The molecule has 2 N–H and O–H groups in total. The SMILES string of the molecule is CCN1CCOC(COc2ccc(CN)cc2F)C1. The van der Waals surface area contributed by atoms with Gasteiger partial charge in [0.2, 0.25) is 0 Å². The van der Waals surface area contributed by atoms with Crippen molar-refractivity contribution < 1.29 is 13.9 Å². The minimum atomic E-state index is -0.369. The van der Waals surface area contributed by atoms with Crippen LogP contribution in [0.15, 0.2) is 18.2 Å². The van der Waals surface area contributed by atoms with Crippen LogP contribution in [0.2, 0.25) is 0 Å². The minimum Gasteiger partial charge on any atom is -0.488 e. The molecular formula is C14H21FN2O2. The number of halogens is 1. The number of rotatable bonds is 5. The molecule has 1 atom stereocenters. The van der Waals surface area contributed by atoms with E-state index >= 15 is 0 Å². The maximum Gasteiger partial charge on any atom is 0.165 e. The van der Waals surface area contributed by atoms with Gasteiger partial charge in [0.1, 0.15) is 12.7 Å². The predicted octanol–water partition coefficient (Wildman–Crippen LogP) is 1.38. The third-order valence-electron chi connectivity index (χ3n) is 3.33. The molecule has 1 aliphatic heterocycles. The van der Waals surface area contributed by atoms with Gasteiger partial charge in [-0.15, -0.1) is 0 Å². The zero-order valence-corrected chi connectivity index (χ0v) is 11.3. The fourth-order valence-electron chi connectivity index (χ4n) is 2.14. The minimum absolute atomic E-state index is 0.00212. The van der Waals surface area contributed by atoms with Crippen molar-refractivity contribution in [2.75, 3.05) is 32.8 Å². The van der Waals surface area contributed by atoms with Crippen LogP contribution < -0.4 is 10.5 Å². The summed E-state index contributed by atoms with van der Waals surface area (Å²) in [6, 6.07) is 4.81. The van der Waals surface area contributed by atoms with Gasteiger partial charge < -0.3 is 15.2 Å². The normalized spacial score (nSPS) is 20.5. The van der Waals surface area contributed by atoms with Crippen molar-refractivity contribution in [1.82, 2.24) is 4.90 Å². The van der Waals surface area contributed by atoms with Gasteiger partial charge in [0.05, 0.1) is 6.61 Å². The molecule has 1 fully saturated rings. The van der Waals surface area contributed by atoms with Gasteiger partial charge in [-0.3, -0.25) is 4.90 Å². The van der Waals surface area contributed by atoms with Crippen LogP contribution in [0.3, 0.4) is 0 Å². The third kappa shape index (κ3) is 3.89. The van der Waals surface area contributed by atoms with Crippen LogP contribution in [-0.4, -0.2) is 43.9 Å². The molecule has 1 unspecified atom stereocenters. The number of nitrogens with zero attached hydrogens (tertiary/aromatic N) is 1. The monoisotopic (exact) mass is 268 g/mol. The Morgan fingerprint density at radius 2 is 2.37 bits per heavy atom. The van der Waals surface area contributed by atoms with Crippen LogP contribution in [0.4, 0.5) is 4.39 Å². The Morgan fingerprint density at radius 3 is 3.05 bits per heavy atom. The summed E-state index contributed by atoms with van der Waals surface area (Å²) in [7, 11) is 0. The van der Waals surface area contributed by atoms with Gasteiger partial charge in [-0.05, 0) is 24.2 Å². The Balaban J connectivity index is 1.88. The summed E-state index contributed by atoms with van der Waals surface area (Å²) in [5.74, 6) is -0.111. The Morgan fingerprint density at radius 1 is 1.53 bits per heavy atom. The molecule has 2 rings (SSSR count). The Hall–Kier alpha value is -1.17. The topological polar surface area (TPSA) is 47.7 Å². The first kappa shape index (κ1) is 14.2. The summed E-state index contributed by atoms with van der Waals surface area (Å²) < 4.78 is 24.8. The number of ether oxygens (including phenoxy) is 2. The quantitative estimate of drug-likeness (QED) is 0.876. The molecule has 4 nitrogen and oxygen atoms in total. The lowest BCUT2D eigenvalue weighted by atomic mass is 10.2. The number of benzene rings is 1. The van der Waals surface area contributed by atoms with E-state index in [9.17, 15) is 4.39 Å². The van der Waals surface area contributed by atoms with Crippen molar-refractivity contribution in [3.05, 3.63) is 29.6 Å². The maximum absolute atomic E-state index is 13.7. The molecule has 5 heteroatoms. The third-order valence-corrected chi connectivity index (χ3v) is 3.33. The maximum atomic E-state index is 13.7. The second-order valence-corrected chi connectivity index (χ2v) is 4.67. The molecule has 0 amide bonds. The van der Waals surface area contributed by atoms with Gasteiger partial charge in [0, 0.05) is 19.6 Å². The molecule has 0 radical (unpaired) electrons. The number of nitrogens with two attached hydrogens (primary N) is 1. The summed E-state index contributed by atoms with van der Waals surface area (Å²) >= 11 is 0. The second-order valence-electron chi connectivity index (χ2n) is 4.67. The molecule has 0 spiro atoms. The van der Waals surface area contributed by atoms with Crippen molar-refractivity contribution in [3.63, 3.8) is 0 Å². The molecular weight excluding hydrogens is 247 g/mol. The first-order chi connectivity index (χ1) is 9.22. The van der Waals surface area contributed by atoms with Crippen molar-refractivity contribution in [2.24, 2.45) is 5.73 Å². The molecule has 1 saturated heterocycles. The zero-order chi connectivity index (χ0) is 13.7. The number of likely N-dealkylation sites (N-methyl/N-ethyl adjacent to an activating group) is 1. The molecule has 1 heterocycles. The average Bonchev–Trinajstić information content (AvgIpc) is 2.46. The molecule has 1 aromatic carbocycles. The highest BCUT2D eigenvalue weighted by atomic mass is 19.1. The lowest BCUT2D eigenvalue weighted by molar-refractivity contribution is -0.0468. The van der Waals surface area contributed by atoms with E-state index in [1.807, 2.05) is 0 Å². The fourth-order valence-corrected chi connectivity index (χ4v) is 2.14. The molecule has 0 saturated carbocycles. The highest BCUT2D eigenvalue weighted by Crippen LogP contribution is 2.19. The summed E-state index contributed by atoms with van der Waals surface area (Å²) in [5, 5.41) is 0. The van der Waals surface area contributed by atoms with E-state index < -0.39 is 0 Å². The molecule has 19 heavy (non-hydrogen) atoms. The number of morpholine rings is 1. The van der Waals surface area contributed by atoms with Crippen molar-refractivity contribution in [1.29, 1.82) is 0 Å². The van der Waals surface area contributed by atoms with Crippen molar-refractivity contribution >= 4 is 0 Å². The van der Waals surface area contributed by atoms with Gasteiger partial charge in [-0.2, -0.15) is 0 Å². The van der Waals surface area contributed by atoms with Gasteiger partial charge in [0.25, 0.3) is 0 Å². The van der Waals surface area contributed by atoms with Gasteiger partial charge in [-0.1, -0.05) is 13.0 Å². The number of hydrogen-bond acceptors (Lipinski definition) is 4. The lowest BCUT2D eigenvalue weighted by Gasteiger charge is -2.31. The number of hydrogen-bond donors (Lipinski definition) is 1. The molecule has 1 aliphatic rings. The molecule has 106 valence electrons. The van der Waals surface area contributed by atoms with E-state index in [1.165, 1.54) is 6.07 Å². The second kappa shape index (κ2) is 6.84. The van der Waals surface area contributed by atoms with Gasteiger partial charge >= 0.3 is 0 Å². The van der Waals surface area contributed by atoms with Crippen molar-refractivity contribution in [2.45, 2.75) is 19.6 Å². The van der Waals surface area contributed by atoms with Crippen molar-refractivity contribution in [3.8, 4) is 5.75 Å². The first-order valence-corrected chi connectivity index (χ1v) is 6.68. The standard InChI is InChI=1S/C14H21FN2O2/c1-2-17-5-6-18-12(9-17)10-19-14-4-3-11(8-16)7-13(14)15/h3-4,7,12H,2,5-6,8-10,16H2,1H3.